The largest absolute Gasteiger partial charge is 0.372 e. The van der Waals surface area contributed by atoms with Gasteiger partial charge in [0.2, 0.25) is 0 Å². The Kier molecular flexibility index (Phi) is 11.0. The molecule has 0 spiro atoms. The summed E-state index contributed by atoms with van der Waals surface area (Å²) in [7, 11) is 0. The number of thiazole rings is 1. The molecule has 2 N–H and O–H groups in total. The lowest BCUT2D eigenvalue weighted by atomic mass is 10.1. The van der Waals surface area contributed by atoms with Crippen LogP contribution in [0.1, 0.15) is 39.2 Å². The highest BCUT2D eigenvalue weighted by Gasteiger charge is 2.06. The van der Waals surface area contributed by atoms with Crippen LogP contribution in [0.5, 0.6) is 0 Å². The van der Waals surface area contributed by atoms with Gasteiger partial charge in [-0.1, -0.05) is 54.6 Å². The molecule has 0 saturated heterocycles. The van der Waals surface area contributed by atoms with Crippen molar-refractivity contribution < 1.29 is 4.74 Å². The maximum Gasteiger partial charge on any atom is 0.191 e. The van der Waals surface area contributed by atoms with E-state index >= 15 is 0 Å². The van der Waals surface area contributed by atoms with Crippen LogP contribution in [0.3, 0.4) is 0 Å². The van der Waals surface area contributed by atoms with Gasteiger partial charge in [-0.05, 0) is 37.5 Å². The third-order valence-corrected chi connectivity index (χ3v) is 5.62. The molecule has 0 fully saturated rings. The molecule has 0 unspecified atom stereocenters. The van der Waals surface area contributed by atoms with Crippen LogP contribution in [0.4, 0.5) is 0 Å². The van der Waals surface area contributed by atoms with E-state index in [1.54, 1.807) is 11.3 Å². The fourth-order valence-electron chi connectivity index (χ4n) is 3.09. The number of aryl methyl sites for hydroxylation is 2. The summed E-state index contributed by atoms with van der Waals surface area (Å²) in [5.41, 5.74) is 4.60. The van der Waals surface area contributed by atoms with Crippen molar-refractivity contribution in [1.82, 2.24) is 15.6 Å². The highest BCUT2D eigenvalue weighted by Crippen LogP contribution is 2.16. The fraction of sp³-hybridized carbons (Fsp3) is 0.333. The van der Waals surface area contributed by atoms with E-state index in [2.05, 4.69) is 65.9 Å². The van der Waals surface area contributed by atoms with Crippen molar-refractivity contribution in [3.05, 3.63) is 86.9 Å². The predicted molar refractivity (Wildman–Crippen MR) is 140 cm³/mol. The van der Waals surface area contributed by atoms with E-state index in [-0.39, 0.29) is 24.0 Å². The first-order chi connectivity index (χ1) is 14.6. The number of nitrogens with one attached hydrogen (secondary N) is 2. The summed E-state index contributed by atoms with van der Waals surface area (Å²) in [5, 5.41) is 7.82. The molecule has 7 heteroatoms. The standard InChI is InChI=1S/C24H30N4OS.HI/c1-4-25-24(27-15-23-18(2)28-19(3)30-23)26-14-21-11-8-12-22(13-21)17-29-16-20-9-6-5-7-10-20;/h5-13H,4,14-17H2,1-3H3,(H2,25,26,27);1H. The summed E-state index contributed by atoms with van der Waals surface area (Å²) in [6.45, 7) is 9.54. The van der Waals surface area contributed by atoms with Crippen molar-refractivity contribution in [3.8, 4) is 0 Å². The second-order valence-corrected chi connectivity index (χ2v) is 8.38. The van der Waals surface area contributed by atoms with Gasteiger partial charge >= 0.3 is 0 Å². The molecule has 2 aromatic carbocycles. The maximum atomic E-state index is 5.86. The van der Waals surface area contributed by atoms with Gasteiger partial charge < -0.3 is 15.4 Å². The zero-order valence-corrected chi connectivity index (χ0v) is 21.5. The zero-order chi connectivity index (χ0) is 21.2. The van der Waals surface area contributed by atoms with Crippen LogP contribution < -0.4 is 10.6 Å². The minimum Gasteiger partial charge on any atom is -0.372 e. The van der Waals surface area contributed by atoms with Gasteiger partial charge in [0.15, 0.2) is 5.96 Å². The lowest BCUT2D eigenvalue weighted by molar-refractivity contribution is 0.107. The number of benzene rings is 2. The number of hydrogen-bond donors (Lipinski definition) is 2. The first-order valence-corrected chi connectivity index (χ1v) is 11.1. The van der Waals surface area contributed by atoms with Gasteiger partial charge in [0, 0.05) is 11.4 Å². The van der Waals surface area contributed by atoms with Crippen molar-refractivity contribution in [2.75, 3.05) is 6.54 Å². The van der Waals surface area contributed by atoms with Gasteiger partial charge in [0.05, 0.1) is 37.0 Å². The summed E-state index contributed by atoms with van der Waals surface area (Å²) >= 11 is 1.73. The first kappa shape index (κ1) is 25.3. The smallest absolute Gasteiger partial charge is 0.191 e. The molecule has 0 aliphatic heterocycles. The zero-order valence-electron chi connectivity index (χ0n) is 18.4. The number of ether oxygens (including phenoxy) is 1. The lowest BCUT2D eigenvalue weighted by Gasteiger charge is -2.11. The van der Waals surface area contributed by atoms with Crippen molar-refractivity contribution in [1.29, 1.82) is 0 Å². The normalized spacial score (nSPS) is 11.1. The van der Waals surface area contributed by atoms with E-state index in [1.165, 1.54) is 10.4 Å². The molecule has 3 rings (SSSR count). The molecule has 1 aromatic heterocycles. The lowest BCUT2D eigenvalue weighted by Crippen LogP contribution is -2.36. The number of nitrogens with zero attached hydrogens (tertiary/aromatic N) is 2. The molecule has 1 heterocycles. The Labute approximate surface area is 206 Å². The SMILES string of the molecule is CCNC(=NCc1cccc(COCc2ccccc2)c1)NCc1sc(C)nc1C.I. The highest BCUT2D eigenvalue weighted by atomic mass is 127. The molecule has 0 atom stereocenters. The van der Waals surface area contributed by atoms with Crippen LogP contribution >= 0.6 is 35.3 Å². The van der Waals surface area contributed by atoms with Gasteiger partial charge in [-0.15, -0.1) is 35.3 Å². The van der Waals surface area contributed by atoms with E-state index in [9.17, 15) is 0 Å². The van der Waals surface area contributed by atoms with Gasteiger partial charge in [-0.25, -0.2) is 9.98 Å². The van der Waals surface area contributed by atoms with Crippen molar-refractivity contribution in [3.63, 3.8) is 0 Å². The molecule has 0 saturated carbocycles. The predicted octanol–water partition coefficient (Wildman–Crippen LogP) is 5.35. The molecule has 3 aromatic rings. The Morgan fingerprint density at radius 2 is 1.68 bits per heavy atom. The van der Waals surface area contributed by atoms with Crippen molar-refractivity contribution in [2.24, 2.45) is 4.99 Å². The number of aliphatic imine (C=N–C) groups is 1. The Bertz CT molecular complexity index is 959. The van der Waals surface area contributed by atoms with Crippen LogP contribution in [-0.4, -0.2) is 17.5 Å². The van der Waals surface area contributed by atoms with Gasteiger partial charge in [-0.2, -0.15) is 0 Å². The number of guanidine groups is 1. The average molecular weight is 551 g/mol. The molecule has 0 bridgehead atoms. The summed E-state index contributed by atoms with van der Waals surface area (Å²) in [6, 6.07) is 18.7. The second-order valence-electron chi connectivity index (χ2n) is 7.09. The van der Waals surface area contributed by atoms with Crippen molar-refractivity contribution >= 4 is 41.3 Å². The Morgan fingerprint density at radius 1 is 0.968 bits per heavy atom. The molecule has 0 aliphatic rings. The monoisotopic (exact) mass is 550 g/mol. The molecule has 0 aliphatic carbocycles. The van der Waals surface area contributed by atoms with E-state index in [4.69, 9.17) is 9.73 Å². The third-order valence-electron chi connectivity index (χ3n) is 4.55. The van der Waals surface area contributed by atoms with Gasteiger partial charge in [0.25, 0.3) is 0 Å². The number of halogens is 1. The van der Waals surface area contributed by atoms with E-state index in [0.717, 1.165) is 40.9 Å². The minimum absolute atomic E-state index is 0. The summed E-state index contributed by atoms with van der Waals surface area (Å²) in [6.07, 6.45) is 0. The number of rotatable bonds is 9. The highest BCUT2D eigenvalue weighted by molar-refractivity contribution is 14.0. The van der Waals surface area contributed by atoms with E-state index in [0.29, 0.717) is 19.8 Å². The van der Waals surface area contributed by atoms with Crippen LogP contribution in [0.15, 0.2) is 59.6 Å². The first-order valence-electron chi connectivity index (χ1n) is 10.3. The second kappa shape index (κ2) is 13.4. The average Bonchev–Trinajstić information content (AvgIpc) is 3.08. The molecule has 5 nitrogen and oxygen atoms in total. The van der Waals surface area contributed by atoms with Crippen LogP contribution in [-0.2, 0) is 31.0 Å². The quantitative estimate of drug-likeness (QED) is 0.214. The Morgan fingerprint density at radius 3 is 2.39 bits per heavy atom. The van der Waals surface area contributed by atoms with Crippen LogP contribution in [0, 0.1) is 13.8 Å². The molecule has 0 radical (unpaired) electrons. The van der Waals surface area contributed by atoms with Gasteiger partial charge in [-0.3, -0.25) is 0 Å². The summed E-state index contributed by atoms with van der Waals surface area (Å²) in [4.78, 5) is 10.5. The molecular weight excluding hydrogens is 519 g/mol. The summed E-state index contributed by atoms with van der Waals surface area (Å²) < 4.78 is 5.86. The third kappa shape index (κ3) is 8.59. The minimum atomic E-state index is 0. The topological polar surface area (TPSA) is 58.5 Å². The molecule has 31 heavy (non-hydrogen) atoms. The number of aromatic nitrogens is 1. The van der Waals surface area contributed by atoms with Crippen molar-refractivity contribution in [2.45, 2.75) is 47.1 Å². The Hall–Kier alpha value is -1.97. The Balaban J connectivity index is 0.00000341. The number of hydrogen-bond acceptors (Lipinski definition) is 4. The van der Waals surface area contributed by atoms with Crippen LogP contribution in [0.25, 0.3) is 0 Å². The van der Waals surface area contributed by atoms with Gasteiger partial charge in [0.1, 0.15) is 0 Å². The van der Waals surface area contributed by atoms with E-state index in [1.807, 2.05) is 25.1 Å². The molecular formula is C24H31IN4OS. The molecule has 0 amide bonds. The maximum absolute atomic E-state index is 5.86. The fourth-order valence-corrected chi connectivity index (χ4v) is 3.97. The summed E-state index contributed by atoms with van der Waals surface area (Å²) in [5.74, 6) is 0.814. The van der Waals surface area contributed by atoms with E-state index < -0.39 is 0 Å². The van der Waals surface area contributed by atoms with Crippen LogP contribution in [0.2, 0.25) is 0 Å². The molecule has 166 valence electrons.